The van der Waals surface area contributed by atoms with Gasteiger partial charge in [-0.2, -0.15) is 0 Å². The number of nitrogens with zero attached hydrogens (tertiary/aromatic N) is 1. The minimum absolute atomic E-state index is 0.0419. The molecule has 0 saturated carbocycles. The van der Waals surface area contributed by atoms with Gasteiger partial charge in [-0.25, -0.2) is 0 Å². The van der Waals surface area contributed by atoms with Crippen molar-refractivity contribution < 1.29 is 14.4 Å². The summed E-state index contributed by atoms with van der Waals surface area (Å²) < 4.78 is 5.17. The molecule has 0 spiro atoms. The monoisotopic (exact) mass is 322 g/mol. The van der Waals surface area contributed by atoms with Crippen LogP contribution < -0.4 is 5.32 Å². The molecule has 6 heteroatoms. The maximum absolute atomic E-state index is 12.0. The number of aliphatic hydroxyl groups excluding tert-OH is 1. The van der Waals surface area contributed by atoms with Crippen molar-refractivity contribution in [1.82, 2.24) is 10.5 Å². The smallest absolute Gasteiger partial charge is 0.273 e. The van der Waals surface area contributed by atoms with Crippen LogP contribution in [0.3, 0.4) is 0 Å². The number of aromatic nitrogens is 1. The van der Waals surface area contributed by atoms with E-state index in [1.165, 1.54) is 0 Å². The first-order valence-corrected chi connectivity index (χ1v) is 7.34. The maximum atomic E-state index is 12.0. The van der Waals surface area contributed by atoms with E-state index in [1.54, 1.807) is 30.3 Å². The van der Waals surface area contributed by atoms with Crippen molar-refractivity contribution in [3.8, 4) is 0 Å². The van der Waals surface area contributed by atoms with Gasteiger partial charge in [-0.3, -0.25) is 4.79 Å². The molecule has 0 unspecified atom stereocenters. The number of amides is 1. The Kier molecular flexibility index (Phi) is 4.88. The van der Waals surface area contributed by atoms with Gasteiger partial charge in [0.2, 0.25) is 0 Å². The number of halogens is 1. The molecule has 0 fully saturated rings. The highest BCUT2D eigenvalue weighted by Gasteiger charge is 2.22. The third-order valence-electron chi connectivity index (χ3n) is 3.20. The minimum atomic E-state index is -0.883. The number of hydrogen-bond acceptors (Lipinski definition) is 4. The van der Waals surface area contributed by atoms with Gasteiger partial charge < -0.3 is 14.9 Å². The van der Waals surface area contributed by atoms with E-state index in [9.17, 15) is 9.90 Å². The van der Waals surface area contributed by atoms with E-state index in [4.69, 9.17) is 16.1 Å². The van der Waals surface area contributed by atoms with Gasteiger partial charge in [0.25, 0.3) is 5.91 Å². The van der Waals surface area contributed by atoms with E-state index in [0.29, 0.717) is 16.3 Å². The van der Waals surface area contributed by atoms with E-state index < -0.39 is 12.0 Å². The highest BCUT2D eigenvalue weighted by atomic mass is 35.5. The molecular weight excluding hydrogens is 304 g/mol. The van der Waals surface area contributed by atoms with Crippen molar-refractivity contribution in [2.45, 2.75) is 32.3 Å². The SMILES string of the molecule is CC(C)(C)c1cc(C(=O)NC[C@@H](O)c2ccccc2Cl)no1. The van der Waals surface area contributed by atoms with Crippen molar-refractivity contribution >= 4 is 17.5 Å². The molecule has 0 bridgehead atoms. The molecule has 0 aliphatic carbocycles. The van der Waals surface area contributed by atoms with Gasteiger partial charge in [-0.05, 0) is 6.07 Å². The first-order valence-electron chi connectivity index (χ1n) is 6.97. The molecular formula is C16H19ClN2O3. The first kappa shape index (κ1) is 16.5. The number of nitrogens with one attached hydrogen (secondary N) is 1. The lowest BCUT2D eigenvalue weighted by Gasteiger charge is -2.13. The van der Waals surface area contributed by atoms with Crippen LogP contribution in [-0.2, 0) is 5.41 Å². The third-order valence-corrected chi connectivity index (χ3v) is 3.55. The summed E-state index contributed by atoms with van der Waals surface area (Å²) in [5.74, 6) is 0.231. The zero-order valence-corrected chi connectivity index (χ0v) is 13.5. The van der Waals surface area contributed by atoms with Crippen LogP contribution in [0.1, 0.15) is 48.7 Å². The largest absolute Gasteiger partial charge is 0.387 e. The topological polar surface area (TPSA) is 75.4 Å². The Labute approximate surface area is 134 Å². The fraction of sp³-hybridized carbons (Fsp3) is 0.375. The lowest BCUT2D eigenvalue weighted by atomic mass is 9.93. The Balaban J connectivity index is 1.98. The molecule has 2 N–H and O–H groups in total. The summed E-state index contributed by atoms with van der Waals surface area (Å²) in [6.45, 7) is 5.95. The third kappa shape index (κ3) is 3.87. The average Bonchev–Trinajstić information content (AvgIpc) is 2.95. The number of carbonyl (C=O) groups excluding carboxylic acids is 1. The highest BCUT2D eigenvalue weighted by molar-refractivity contribution is 6.31. The molecule has 2 aromatic rings. The standard InChI is InChI=1S/C16H19ClN2O3/c1-16(2,3)14-8-12(19-22-14)15(21)18-9-13(20)10-6-4-5-7-11(10)17/h4-8,13,20H,9H2,1-3H3,(H,18,21)/t13-/m1/s1. The number of benzene rings is 1. The molecule has 1 heterocycles. The van der Waals surface area contributed by atoms with Crippen molar-refractivity contribution in [2.75, 3.05) is 6.54 Å². The van der Waals surface area contributed by atoms with E-state index in [2.05, 4.69) is 10.5 Å². The first-order chi connectivity index (χ1) is 10.3. The maximum Gasteiger partial charge on any atom is 0.273 e. The van der Waals surface area contributed by atoms with Crippen LogP contribution in [-0.4, -0.2) is 22.7 Å². The summed E-state index contributed by atoms with van der Waals surface area (Å²) in [7, 11) is 0. The highest BCUT2D eigenvalue weighted by Crippen LogP contribution is 2.23. The molecule has 22 heavy (non-hydrogen) atoms. The summed E-state index contributed by atoms with van der Waals surface area (Å²) in [5.41, 5.74) is 0.541. The van der Waals surface area contributed by atoms with Gasteiger partial charge in [0.1, 0.15) is 5.76 Å². The minimum Gasteiger partial charge on any atom is -0.387 e. The van der Waals surface area contributed by atoms with Crippen LogP contribution in [0.5, 0.6) is 0 Å². The summed E-state index contributed by atoms with van der Waals surface area (Å²) in [4.78, 5) is 12.0. The van der Waals surface area contributed by atoms with E-state index in [-0.39, 0.29) is 17.7 Å². The molecule has 1 aromatic heterocycles. The number of carbonyl (C=O) groups is 1. The Morgan fingerprint density at radius 2 is 2.09 bits per heavy atom. The second-order valence-electron chi connectivity index (χ2n) is 6.07. The van der Waals surface area contributed by atoms with Crippen molar-refractivity contribution in [2.24, 2.45) is 0 Å². The molecule has 0 radical (unpaired) electrons. The van der Waals surface area contributed by atoms with Crippen LogP contribution in [0, 0.1) is 0 Å². The summed E-state index contributed by atoms with van der Waals surface area (Å²) >= 11 is 6.00. The van der Waals surface area contributed by atoms with Gasteiger partial charge in [-0.1, -0.05) is 55.7 Å². The molecule has 118 valence electrons. The summed E-state index contributed by atoms with van der Waals surface area (Å²) in [6.07, 6.45) is -0.883. The zero-order valence-electron chi connectivity index (χ0n) is 12.8. The lowest BCUT2D eigenvalue weighted by molar-refractivity contribution is 0.0907. The van der Waals surface area contributed by atoms with Gasteiger partial charge in [-0.15, -0.1) is 0 Å². The molecule has 2 rings (SSSR count). The quantitative estimate of drug-likeness (QED) is 0.907. The Morgan fingerprint density at radius 1 is 1.41 bits per heavy atom. The van der Waals surface area contributed by atoms with Gasteiger partial charge in [0.15, 0.2) is 5.69 Å². The molecule has 0 aliphatic heterocycles. The van der Waals surface area contributed by atoms with Gasteiger partial charge in [0, 0.05) is 28.6 Å². The Morgan fingerprint density at radius 3 is 2.68 bits per heavy atom. The summed E-state index contributed by atoms with van der Waals surface area (Å²) in [5, 5.41) is 16.9. The van der Waals surface area contributed by atoms with Crippen LogP contribution in [0.25, 0.3) is 0 Å². The summed E-state index contributed by atoms with van der Waals surface area (Å²) in [6, 6.07) is 8.57. The molecule has 1 amide bonds. The van der Waals surface area contributed by atoms with Crippen molar-refractivity contribution in [3.05, 3.63) is 52.4 Å². The lowest BCUT2D eigenvalue weighted by Crippen LogP contribution is -2.28. The predicted molar refractivity (Wildman–Crippen MR) is 83.9 cm³/mol. The second kappa shape index (κ2) is 6.50. The molecule has 1 aromatic carbocycles. The van der Waals surface area contributed by atoms with E-state index in [0.717, 1.165) is 0 Å². The van der Waals surface area contributed by atoms with E-state index >= 15 is 0 Å². The molecule has 1 atom stereocenters. The van der Waals surface area contributed by atoms with E-state index in [1.807, 2.05) is 20.8 Å². The van der Waals surface area contributed by atoms with Crippen LogP contribution in [0.15, 0.2) is 34.9 Å². The zero-order chi connectivity index (χ0) is 16.3. The van der Waals surface area contributed by atoms with Crippen molar-refractivity contribution in [3.63, 3.8) is 0 Å². The fourth-order valence-electron chi connectivity index (χ4n) is 1.87. The molecule has 5 nitrogen and oxygen atoms in total. The van der Waals surface area contributed by atoms with Crippen LogP contribution in [0.2, 0.25) is 5.02 Å². The average molecular weight is 323 g/mol. The van der Waals surface area contributed by atoms with Crippen LogP contribution >= 0.6 is 11.6 Å². The van der Waals surface area contributed by atoms with Crippen LogP contribution in [0.4, 0.5) is 0 Å². The Bertz CT molecular complexity index is 661. The van der Waals surface area contributed by atoms with Gasteiger partial charge in [0.05, 0.1) is 6.10 Å². The second-order valence-corrected chi connectivity index (χ2v) is 6.48. The molecule has 0 aliphatic rings. The number of hydrogen-bond donors (Lipinski definition) is 2. The number of rotatable bonds is 4. The molecule has 0 saturated heterocycles. The normalized spacial score (nSPS) is 13.0. The number of aliphatic hydroxyl groups is 1. The van der Waals surface area contributed by atoms with Crippen molar-refractivity contribution in [1.29, 1.82) is 0 Å². The Hall–Kier alpha value is -1.85. The predicted octanol–water partition coefficient (Wildman–Crippen LogP) is 3.09. The van der Waals surface area contributed by atoms with Gasteiger partial charge >= 0.3 is 0 Å². The fourth-order valence-corrected chi connectivity index (χ4v) is 2.13.